The zero-order valence-corrected chi connectivity index (χ0v) is 17.3. The lowest BCUT2D eigenvalue weighted by atomic mass is 9.97. The summed E-state index contributed by atoms with van der Waals surface area (Å²) in [5, 5.41) is 13.6. The molecule has 3 heterocycles. The highest BCUT2D eigenvalue weighted by Gasteiger charge is 2.48. The highest BCUT2D eigenvalue weighted by molar-refractivity contribution is 8.14. The fourth-order valence-electron chi connectivity index (χ4n) is 3.18. The first kappa shape index (κ1) is 21.3. The maximum Gasteiger partial charge on any atom is 0.310 e. The predicted molar refractivity (Wildman–Crippen MR) is 112 cm³/mol. The van der Waals surface area contributed by atoms with Gasteiger partial charge in [-0.05, 0) is 31.1 Å². The van der Waals surface area contributed by atoms with E-state index in [9.17, 15) is 14.7 Å². The van der Waals surface area contributed by atoms with Crippen LogP contribution < -0.4 is 5.32 Å². The number of ether oxygens (including phenoxy) is 2. The van der Waals surface area contributed by atoms with Crippen molar-refractivity contribution in [1.82, 2.24) is 5.32 Å². The van der Waals surface area contributed by atoms with Gasteiger partial charge in [0.2, 0.25) is 5.79 Å². The molecule has 0 saturated carbocycles. The Hall–Kier alpha value is -2.43. The number of thioether (sulfide) groups is 1. The topological polar surface area (TPSA) is 84.9 Å². The second-order valence-corrected chi connectivity index (χ2v) is 8.37. The second kappa shape index (κ2) is 9.38. The molecule has 3 aliphatic rings. The van der Waals surface area contributed by atoms with E-state index >= 15 is 0 Å². The van der Waals surface area contributed by atoms with Gasteiger partial charge in [0.1, 0.15) is 17.9 Å². The van der Waals surface area contributed by atoms with Crippen LogP contribution in [0.15, 0.2) is 47.8 Å². The van der Waals surface area contributed by atoms with Gasteiger partial charge in [-0.1, -0.05) is 54.3 Å². The molecular formula is C22H25NO5S. The fourth-order valence-corrected chi connectivity index (χ4v) is 4.07. The van der Waals surface area contributed by atoms with Crippen molar-refractivity contribution in [2.24, 2.45) is 5.92 Å². The predicted octanol–water partition coefficient (Wildman–Crippen LogP) is 3.21. The van der Waals surface area contributed by atoms with Crippen LogP contribution in [0, 0.1) is 17.8 Å². The summed E-state index contributed by atoms with van der Waals surface area (Å²) in [5.74, 6) is 4.83. The summed E-state index contributed by atoms with van der Waals surface area (Å²) < 4.78 is 11.4. The number of fused-ring (bicyclic) bond motifs is 1. The molecule has 3 aliphatic heterocycles. The first-order chi connectivity index (χ1) is 13.8. The van der Waals surface area contributed by atoms with Crippen LogP contribution in [0.25, 0.3) is 0 Å². The van der Waals surface area contributed by atoms with Crippen LogP contribution in [-0.2, 0) is 14.3 Å². The molecule has 0 radical (unpaired) electrons. The molecule has 154 valence electrons. The van der Waals surface area contributed by atoms with Gasteiger partial charge in [-0.2, -0.15) is 0 Å². The minimum absolute atomic E-state index is 0.0469. The molecule has 7 heteroatoms. The Morgan fingerprint density at radius 3 is 2.93 bits per heavy atom. The lowest BCUT2D eigenvalue weighted by Crippen LogP contribution is -2.55. The SMILES string of the molecule is C/C1=C\CC#C/C=C\[C@@H](C)/C=C\C2=C[C@H](C[C@](O)([C@@H]3CSC(=O)N3)O2)OC(=O)C1. The number of carbonyl (C=O) groups excluding carboxylic acids is 2. The quantitative estimate of drug-likeness (QED) is 0.389. The zero-order valence-electron chi connectivity index (χ0n) is 16.5. The van der Waals surface area contributed by atoms with Crippen molar-refractivity contribution < 1.29 is 24.2 Å². The van der Waals surface area contributed by atoms with E-state index in [0.29, 0.717) is 17.9 Å². The highest BCUT2D eigenvalue weighted by Crippen LogP contribution is 2.34. The van der Waals surface area contributed by atoms with Crippen LogP contribution in [0.1, 0.15) is 33.1 Å². The minimum Gasteiger partial charge on any atom is -0.460 e. The summed E-state index contributed by atoms with van der Waals surface area (Å²) in [6.45, 7) is 3.86. The van der Waals surface area contributed by atoms with E-state index in [4.69, 9.17) is 9.47 Å². The first-order valence-electron chi connectivity index (χ1n) is 9.59. The van der Waals surface area contributed by atoms with Crippen LogP contribution >= 0.6 is 11.8 Å². The number of hydrogen-bond donors (Lipinski definition) is 2. The Morgan fingerprint density at radius 2 is 2.17 bits per heavy atom. The van der Waals surface area contributed by atoms with Crippen LogP contribution in [0.3, 0.4) is 0 Å². The van der Waals surface area contributed by atoms with Crippen molar-refractivity contribution in [3.05, 3.63) is 47.8 Å². The molecule has 1 saturated heterocycles. The van der Waals surface area contributed by atoms with E-state index in [1.54, 1.807) is 18.2 Å². The van der Waals surface area contributed by atoms with E-state index in [1.165, 1.54) is 0 Å². The lowest BCUT2D eigenvalue weighted by molar-refractivity contribution is -0.215. The number of aliphatic hydroxyl groups is 1. The third kappa shape index (κ3) is 6.02. The third-order valence-corrected chi connectivity index (χ3v) is 5.64. The van der Waals surface area contributed by atoms with Crippen LogP contribution in [0.2, 0.25) is 0 Å². The Labute approximate surface area is 175 Å². The highest BCUT2D eigenvalue weighted by atomic mass is 32.2. The van der Waals surface area contributed by atoms with Crippen molar-refractivity contribution in [3.63, 3.8) is 0 Å². The number of rotatable bonds is 1. The monoisotopic (exact) mass is 415 g/mol. The molecule has 0 aromatic rings. The van der Waals surface area contributed by atoms with Crippen molar-refractivity contribution in [1.29, 1.82) is 0 Å². The average Bonchev–Trinajstić information content (AvgIpc) is 3.09. The summed E-state index contributed by atoms with van der Waals surface area (Å²) in [7, 11) is 0. The smallest absolute Gasteiger partial charge is 0.310 e. The van der Waals surface area contributed by atoms with Crippen LogP contribution in [0.5, 0.6) is 0 Å². The Balaban J connectivity index is 1.87. The number of hydrogen-bond acceptors (Lipinski definition) is 6. The number of carbonyl (C=O) groups is 2. The Bertz CT molecular complexity index is 847. The molecule has 1 amide bonds. The summed E-state index contributed by atoms with van der Waals surface area (Å²) in [6, 6.07) is -0.585. The number of amides is 1. The summed E-state index contributed by atoms with van der Waals surface area (Å²) in [4.78, 5) is 24.0. The maximum atomic E-state index is 12.4. The van der Waals surface area contributed by atoms with Crippen molar-refractivity contribution in [2.75, 3.05) is 5.75 Å². The molecular weight excluding hydrogens is 390 g/mol. The van der Waals surface area contributed by atoms with Gasteiger partial charge in [-0.3, -0.25) is 9.59 Å². The second-order valence-electron chi connectivity index (χ2n) is 7.37. The Morgan fingerprint density at radius 1 is 1.34 bits per heavy atom. The van der Waals surface area contributed by atoms with Crippen molar-refractivity contribution in [3.8, 4) is 11.8 Å². The summed E-state index contributed by atoms with van der Waals surface area (Å²) in [6.07, 6.45) is 11.1. The van der Waals surface area contributed by atoms with E-state index in [1.807, 2.05) is 32.1 Å². The molecule has 6 nitrogen and oxygen atoms in total. The molecule has 2 bridgehead atoms. The largest absolute Gasteiger partial charge is 0.460 e. The van der Waals surface area contributed by atoms with Gasteiger partial charge >= 0.3 is 5.97 Å². The normalized spacial score (nSPS) is 36.9. The maximum absolute atomic E-state index is 12.4. The van der Waals surface area contributed by atoms with E-state index in [2.05, 4.69) is 17.2 Å². The standard InChI is InChI=1S/C22H25NO5S/c1-15-7-5-3-4-6-8-16(2)11-20(24)27-18-12-17(10-9-15)28-22(26,13-18)19-14-29-21(25)23-19/h5,7-10,12,15,18-19,26H,6,11,13-14H2,1-2H3,(H,23,25)/b7-5-,10-9-,16-8+/t15-,18-,19+,22-/m1/s1. The minimum atomic E-state index is -1.65. The number of allylic oxidation sites excluding steroid dienone is 5. The van der Waals surface area contributed by atoms with Crippen molar-refractivity contribution >= 4 is 23.0 Å². The van der Waals surface area contributed by atoms with Crippen molar-refractivity contribution in [2.45, 2.75) is 51.0 Å². The number of nitrogens with one attached hydrogen (secondary N) is 1. The summed E-state index contributed by atoms with van der Waals surface area (Å²) >= 11 is 1.09. The van der Waals surface area contributed by atoms with E-state index in [-0.39, 0.29) is 30.0 Å². The molecule has 0 aliphatic carbocycles. The molecule has 29 heavy (non-hydrogen) atoms. The zero-order chi connectivity index (χ0) is 20.9. The Kier molecular flexibility index (Phi) is 6.88. The molecule has 0 spiro atoms. The molecule has 0 unspecified atom stereocenters. The van der Waals surface area contributed by atoms with Gasteiger partial charge in [0, 0.05) is 12.2 Å². The van der Waals surface area contributed by atoms with E-state index < -0.39 is 17.9 Å². The van der Waals surface area contributed by atoms with Gasteiger partial charge in [-0.25, -0.2) is 0 Å². The third-order valence-electron chi connectivity index (χ3n) is 4.76. The van der Waals surface area contributed by atoms with Gasteiger partial charge in [0.05, 0.1) is 12.8 Å². The fraction of sp³-hybridized carbons (Fsp3) is 0.455. The van der Waals surface area contributed by atoms with Gasteiger partial charge < -0.3 is 19.9 Å². The average molecular weight is 416 g/mol. The first-order valence-corrected chi connectivity index (χ1v) is 10.6. The number of esters is 1. The van der Waals surface area contributed by atoms with Gasteiger partial charge in [0.15, 0.2) is 0 Å². The van der Waals surface area contributed by atoms with Gasteiger partial charge in [-0.15, -0.1) is 0 Å². The summed E-state index contributed by atoms with van der Waals surface area (Å²) in [5.41, 5.74) is 0.875. The van der Waals surface area contributed by atoms with E-state index in [0.717, 1.165) is 17.3 Å². The molecule has 2 N–H and O–H groups in total. The molecule has 0 aromatic heterocycles. The van der Waals surface area contributed by atoms with Crippen LogP contribution in [-0.4, -0.2) is 40.0 Å². The molecule has 4 atom stereocenters. The molecule has 3 rings (SSSR count). The van der Waals surface area contributed by atoms with Crippen LogP contribution in [0.4, 0.5) is 4.79 Å². The van der Waals surface area contributed by atoms with Gasteiger partial charge in [0.25, 0.3) is 5.24 Å². The lowest BCUT2D eigenvalue weighted by Gasteiger charge is -2.39. The molecule has 0 aromatic carbocycles. The molecule has 1 fully saturated rings.